The molecule has 17 heavy (non-hydrogen) atoms. The Bertz CT molecular complexity index is 402. The number of hydrogen-bond acceptors (Lipinski definition) is 2. The Kier molecular flexibility index (Phi) is 3.43. The molecule has 0 aliphatic heterocycles. The summed E-state index contributed by atoms with van der Waals surface area (Å²) in [7, 11) is 0. The molecule has 0 radical (unpaired) electrons. The molecule has 2 rings (SSSR count). The molecule has 2 unspecified atom stereocenters. The minimum Gasteiger partial charge on any atom is -0.392 e. The van der Waals surface area contributed by atoms with Gasteiger partial charge in [0, 0.05) is 28.6 Å². The fraction of sp³-hybridized carbons (Fsp3) is 0.538. The van der Waals surface area contributed by atoms with Gasteiger partial charge >= 0.3 is 0 Å². The van der Waals surface area contributed by atoms with E-state index in [0.717, 1.165) is 0 Å². The van der Waals surface area contributed by atoms with Crippen molar-refractivity contribution in [2.24, 2.45) is 5.41 Å². The van der Waals surface area contributed by atoms with Gasteiger partial charge in [-0.05, 0) is 18.6 Å². The summed E-state index contributed by atoms with van der Waals surface area (Å²) in [5.74, 6) is -0.289. The number of nitrogens with one attached hydrogen (secondary N) is 1. The quantitative estimate of drug-likeness (QED) is 0.873. The lowest BCUT2D eigenvalue weighted by atomic mass is 9.64. The molecule has 1 aliphatic carbocycles. The second-order valence-electron chi connectivity index (χ2n) is 5.21. The van der Waals surface area contributed by atoms with Crippen molar-refractivity contribution < 1.29 is 9.50 Å². The summed E-state index contributed by atoms with van der Waals surface area (Å²) < 4.78 is 13.5. The van der Waals surface area contributed by atoms with Crippen LogP contribution in [0.25, 0.3) is 0 Å². The zero-order valence-corrected chi connectivity index (χ0v) is 10.8. The van der Waals surface area contributed by atoms with E-state index < -0.39 is 0 Å². The van der Waals surface area contributed by atoms with Gasteiger partial charge in [0.05, 0.1) is 6.10 Å². The van der Waals surface area contributed by atoms with Crippen LogP contribution in [0.5, 0.6) is 0 Å². The van der Waals surface area contributed by atoms with Crippen molar-refractivity contribution in [1.29, 1.82) is 0 Å². The molecule has 2 atom stereocenters. The van der Waals surface area contributed by atoms with Crippen LogP contribution in [0.4, 0.5) is 4.39 Å². The molecule has 1 aromatic rings. The second kappa shape index (κ2) is 4.56. The van der Waals surface area contributed by atoms with Gasteiger partial charge in [-0.3, -0.25) is 0 Å². The average molecular weight is 258 g/mol. The van der Waals surface area contributed by atoms with E-state index in [1.807, 2.05) is 13.8 Å². The smallest absolute Gasteiger partial charge is 0.129 e. The van der Waals surface area contributed by atoms with Gasteiger partial charge in [-0.25, -0.2) is 4.39 Å². The van der Waals surface area contributed by atoms with E-state index in [2.05, 4.69) is 5.32 Å². The Morgan fingerprint density at radius 1 is 1.53 bits per heavy atom. The normalized spacial score (nSPS) is 26.6. The van der Waals surface area contributed by atoms with Crippen LogP contribution in [0.1, 0.15) is 25.8 Å². The zero-order valence-electron chi connectivity index (χ0n) is 10.0. The summed E-state index contributed by atoms with van der Waals surface area (Å²) in [6.07, 6.45) is 0.426. The van der Waals surface area contributed by atoms with E-state index in [4.69, 9.17) is 11.6 Å². The van der Waals surface area contributed by atoms with Crippen LogP contribution >= 0.6 is 11.6 Å². The number of halogens is 2. The van der Waals surface area contributed by atoms with Crippen molar-refractivity contribution in [1.82, 2.24) is 5.32 Å². The molecule has 2 N–H and O–H groups in total. The first-order valence-electron chi connectivity index (χ1n) is 5.77. The maximum atomic E-state index is 13.5. The molecule has 94 valence electrons. The summed E-state index contributed by atoms with van der Waals surface area (Å²) in [4.78, 5) is 0. The van der Waals surface area contributed by atoms with Gasteiger partial charge in [0.1, 0.15) is 5.82 Å². The van der Waals surface area contributed by atoms with Gasteiger partial charge in [0.2, 0.25) is 0 Å². The summed E-state index contributed by atoms with van der Waals surface area (Å²) in [5.41, 5.74) is 0.337. The standard InChI is InChI=1S/C13H17ClFNO/c1-13(2)11(6-12(13)17)16-7-8-9(14)4-3-5-10(8)15/h3-5,11-12,16-17H,6-7H2,1-2H3. The molecule has 1 aromatic carbocycles. The van der Waals surface area contributed by atoms with Crippen LogP contribution in [-0.4, -0.2) is 17.3 Å². The third-order valence-electron chi connectivity index (χ3n) is 3.80. The van der Waals surface area contributed by atoms with Crippen molar-refractivity contribution in [2.45, 2.75) is 39.0 Å². The molecule has 1 saturated carbocycles. The number of benzene rings is 1. The summed E-state index contributed by atoms with van der Waals surface area (Å²) in [5, 5.41) is 13.3. The average Bonchev–Trinajstić information content (AvgIpc) is 2.27. The van der Waals surface area contributed by atoms with Gasteiger partial charge < -0.3 is 10.4 Å². The third kappa shape index (κ3) is 2.32. The van der Waals surface area contributed by atoms with Crippen molar-refractivity contribution in [3.8, 4) is 0 Å². The van der Waals surface area contributed by atoms with Crippen LogP contribution in [-0.2, 0) is 6.54 Å². The predicted octanol–water partition coefficient (Wildman–Crippen LogP) is 2.73. The van der Waals surface area contributed by atoms with Crippen LogP contribution in [0.15, 0.2) is 18.2 Å². The Balaban J connectivity index is 2.00. The molecule has 0 aromatic heterocycles. The van der Waals surface area contributed by atoms with E-state index in [9.17, 15) is 9.50 Å². The highest BCUT2D eigenvalue weighted by Crippen LogP contribution is 2.40. The highest BCUT2D eigenvalue weighted by molar-refractivity contribution is 6.31. The van der Waals surface area contributed by atoms with E-state index in [1.54, 1.807) is 12.1 Å². The van der Waals surface area contributed by atoms with Crippen LogP contribution in [0.2, 0.25) is 5.02 Å². The van der Waals surface area contributed by atoms with Gasteiger partial charge in [-0.2, -0.15) is 0 Å². The summed E-state index contributed by atoms with van der Waals surface area (Å²) in [6, 6.07) is 4.89. The summed E-state index contributed by atoms with van der Waals surface area (Å²) >= 11 is 5.94. The second-order valence-corrected chi connectivity index (χ2v) is 5.61. The van der Waals surface area contributed by atoms with E-state index in [0.29, 0.717) is 23.6 Å². The van der Waals surface area contributed by atoms with Crippen molar-refractivity contribution >= 4 is 11.6 Å². The maximum absolute atomic E-state index is 13.5. The van der Waals surface area contributed by atoms with Gasteiger partial charge in [-0.1, -0.05) is 31.5 Å². The zero-order chi connectivity index (χ0) is 12.6. The van der Waals surface area contributed by atoms with Crippen molar-refractivity contribution in [2.75, 3.05) is 0 Å². The van der Waals surface area contributed by atoms with E-state index in [-0.39, 0.29) is 23.4 Å². The molecule has 0 saturated heterocycles. The first-order chi connectivity index (χ1) is 7.93. The highest BCUT2D eigenvalue weighted by Gasteiger charge is 2.46. The molecular weight excluding hydrogens is 241 g/mol. The SMILES string of the molecule is CC1(C)C(O)CC1NCc1c(F)cccc1Cl. The third-order valence-corrected chi connectivity index (χ3v) is 4.16. The lowest BCUT2D eigenvalue weighted by Crippen LogP contribution is -2.59. The van der Waals surface area contributed by atoms with Crippen molar-refractivity contribution in [3.05, 3.63) is 34.6 Å². The molecule has 0 spiro atoms. The molecule has 0 heterocycles. The van der Waals surface area contributed by atoms with Gasteiger partial charge in [0.15, 0.2) is 0 Å². The highest BCUT2D eigenvalue weighted by atomic mass is 35.5. The minimum absolute atomic E-state index is 0.155. The molecule has 0 bridgehead atoms. The Morgan fingerprint density at radius 3 is 2.76 bits per heavy atom. The molecule has 1 aliphatic rings. The topological polar surface area (TPSA) is 32.3 Å². The van der Waals surface area contributed by atoms with Crippen LogP contribution in [0.3, 0.4) is 0 Å². The molecular formula is C13H17ClFNO. The first kappa shape index (κ1) is 12.8. The van der Waals surface area contributed by atoms with Crippen LogP contribution in [0, 0.1) is 11.2 Å². The monoisotopic (exact) mass is 257 g/mol. The largest absolute Gasteiger partial charge is 0.392 e. The Labute approximate surface area is 106 Å². The Morgan fingerprint density at radius 2 is 2.24 bits per heavy atom. The van der Waals surface area contributed by atoms with E-state index >= 15 is 0 Å². The van der Waals surface area contributed by atoms with Crippen molar-refractivity contribution in [3.63, 3.8) is 0 Å². The lowest BCUT2D eigenvalue weighted by Gasteiger charge is -2.49. The minimum atomic E-state index is -0.289. The summed E-state index contributed by atoms with van der Waals surface area (Å²) in [6.45, 7) is 4.40. The van der Waals surface area contributed by atoms with E-state index in [1.165, 1.54) is 6.07 Å². The van der Waals surface area contributed by atoms with Gasteiger partial charge in [0.25, 0.3) is 0 Å². The number of rotatable bonds is 3. The predicted molar refractivity (Wildman–Crippen MR) is 66.4 cm³/mol. The molecule has 0 amide bonds. The van der Waals surface area contributed by atoms with Crippen LogP contribution < -0.4 is 5.32 Å². The number of hydrogen-bond donors (Lipinski definition) is 2. The van der Waals surface area contributed by atoms with Gasteiger partial charge in [-0.15, -0.1) is 0 Å². The molecule has 4 heteroatoms. The fourth-order valence-electron chi connectivity index (χ4n) is 2.18. The Hall–Kier alpha value is -0.640. The number of aliphatic hydroxyl groups excluding tert-OH is 1. The fourth-order valence-corrected chi connectivity index (χ4v) is 2.41. The maximum Gasteiger partial charge on any atom is 0.129 e. The lowest BCUT2D eigenvalue weighted by molar-refractivity contribution is -0.0730. The molecule has 1 fully saturated rings. The number of aliphatic hydroxyl groups is 1. The molecule has 2 nitrogen and oxygen atoms in total. The first-order valence-corrected chi connectivity index (χ1v) is 6.15.